The van der Waals surface area contributed by atoms with Gasteiger partial charge >= 0.3 is 11.9 Å². The number of ether oxygens (including phenoxy) is 1. The molecule has 2 aromatic rings. The molecule has 0 atom stereocenters. The van der Waals surface area contributed by atoms with E-state index in [0.29, 0.717) is 28.0 Å². The van der Waals surface area contributed by atoms with Crippen LogP contribution in [-0.4, -0.2) is 28.8 Å². The number of carboxylic acid groups (broad SMARTS) is 1. The Balaban J connectivity index is 1.84. The van der Waals surface area contributed by atoms with Gasteiger partial charge < -0.3 is 20.5 Å². The zero-order chi connectivity index (χ0) is 20.8. The lowest BCUT2D eigenvalue weighted by atomic mass is 9.96. The maximum absolute atomic E-state index is 12.7. The third-order valence-corrected chi connectivity index (χ3v) is 6.16. The molecule has 6 nitrogen and oxygen atoms in total. The summed E-state index contributed by atoms with van der Waals surface area (Å²) in [6, 6.07) is 6.41. The summed E-state index contributed by atoms with van der Waals surface area (Å²) in [5, 5.41) is 16.3. The second-order valence-corrected chi connectivity index (χ2v) is 8.32. The normalized spacial score (nSPS) is 13.6. The van der Waals surface area contributed by atoms with Gasteiger partial charge in [-0.2, -0.15) is 0 Å². The van der Waals surface area contributed by atoms with Gasteiger partial charge in [-0.3, -0.25) is 0 Å². The van der Waals surface area contributed by atoms with Gasteiger partial charge in [0.2, 0.25) is 0 Å². The third kappa shape index (κ3) is 5.33. The Morgan fingerprint density at radius 1 is 1.17 bits per heavy atom. The summed E-state index contributed by atoms with van der Waals surface area (Å²) in [7, 11) is 0. The molecule has 1 aromatic heterocycles. The monoisotopic (exact) mass is 432 g/mol. The number of hydrogen-bond acceptors (Lipinski definition) is 5. The predicted octanol–water partition coefficient (Wildman–Crippen LogP) is 5.09. The summed E-state index contributed by atoms with van der Waals surface area (Å²) in [4.78, 5) is 25.0. The van der Waals surface area contributed by atoms with E-state index >= 15 is 0 Å². The van der Waals surface area contributed by atoms with Crippen molar-refractivity contribution in [1.82, 2.24) is 0 Å². The zero-order valence-electron chi connectivity index (χ0n) is 16.2. The maximum Gasteiger partial charge on any atom is 0.341 e. The summed E-state index contributed by atoms with van der Waals surface area (Å²) in [6.07, 6.45) is 6.35. The van der Waals surface area contributed by atoms with Gasteiger partial charge in [0.15, 0.2) is 5.11 Å². The van der Waals surface area contributed by atoms with E-state index in [-0.39, 0.29) is 11.5 Å². The Kier molecular flexibility index (Phi) is 7.22. The molecule has 1 aliphatic carbocycles. The van der Waals surface area contributed by atoms with Crippen molar-refractivity contribution in [2.24, 2.45) is 0 Å². The van der Waals surface area contributed by atoms with Crippen molar-refractivity contribution < 1.29 is 19.4 Å². The number of hydrogen-bond donors (Lipinski definition) is 3. The molecule has 0 fully saturated rings. The number of aromatic carboxylic acids is 1. The van der Waals surface area contributed by atoms with Crippen LogP contribution in [0.3, 0.4) is 0 Å². The van der Waals surface area contributed by atoms with E-state index in [0.717, 1.165) is 31.2 Å². The minimum absolute atomic E-state index is 0.170. The molecule has 1 aliphatic rings. The Labute approximate surface area is 179 Å². The van der Waals surface area contributed by atoms with Crippen molar-refractivity contribution in [3.63, 3.8) is 0 Å². The first-order valence-corrected chi connectivity index (χ1v) is 10.9. The number of aryl methyl sites for hydroxylation is 1. The van der Waals surface area contributed by atoms with Crippen LogP contribution in [0.25, 0.3) is 0 Å². The van der Waals surface area contributed by atoms with E-state index in [1.54, 1.807) is 30.4 Å². The van der Waals surface area contributed by atoms with Gasteiger partial charge in [0.25, 0.3) is 0 Å². The summed E-state index contributed by atoms with van der Waals surface area (Å²) >= 11 is 6.97. The fourth-order valence-electron chi connectivity index (χ4n) is 3.42. The van der Waals surface area contributed by atoms with Gasteiger partial charge in [-0.25, -0.2) is 9.59 Å². The maximum atomic E-state index is 12.7. The largest absolute Gasteiger partial charge is 0.478 e. The molecule has 1 aromatic carbocycles. The molecular weight excluding hydrogens is 408 g/mol. The topological polar surface area (TPSA) is 87.7 Å². The number of fused-ring (bicyclic) bond motifs is 1. The summed E-state index contributed by atoms with van der Waals surface area (Å²) in [5.41, 5.74) is 2.39. The van der Waals surface area contributed by atoms with Crippen LogP contribution in [0.5, 0.6) is 0 Å². The molecule has 0 spiro atoms. The molecule has 0 unspecified atom stereocenters. The molecule has 3 N–H and O–H groups in total. The minimum atomic E-state index is -1.00. The number of thiophene rings is 1. The van der Waals surface area contributed by atoms with Crippen molar-refractivity contribution in [1.29, 1.82) is 0 Å². The van der Waals surface area contributed by atoms with Gasteiger partial charge in [0.1, 0.15) is 5.00 Å². The fourth-order valence-corrected chi connectivity index (χ4v) is 4.99. The standard InChI is InChI=1S/C21H24N2O4S2/c1-2-27-20(26)17-15-10-5-3-4-6-11-16(15)29-18(17)23-21(28)22-14-9-7-8-13(12-14)19(24)25/h7-9,12H,2-6,10-11H2,1H3,(H,24,25)(H2,22,23,28). The number of carbonyl (C=O) groups is 2. The molecule has 0 saturated heterocycles. The predicted molar refractivity (Wildman–Crippen MR) is 119 cm³/mol. The lowest BCUT2D eigenvalue weighted by Gasteiger charge is -2.13. The number of carboxylic acids is 1. The quantitative estimate of drug-likeness (QED) is 0.448. The highest BCUT2D eigenvalue weighted by molar-refractivity contribution is 7.80. The highest BCUT2D eigenvalue weighted by Crippen LogP contribution is 2.37. The number of esters is 1. The number of anilines is 2. The average Bonchev–Trinajstić information content (AvgIpc) is 2.98. The second kappa shape index (κ2) is 9.84. The number of thiocarbonyl (C=S) groups is 1. The second-order valence-electron chi connectivity index (χ2n) is 6.81. The van der Waals surface area contributed by atoms with Gasteiger partial charge in [-0.1, -0.05) is 18.9 Å². The zero-order valence-corrected chi connectivity index (χ0v) is 17.9. The lowest BCUT2D eigenvalue weighted by Crippen LogP contribution is -2.20. The average molecular weight is 433 g/mol. The van der Waals surface area contributed by atoms with E-state index in [9.17, 15) is 9.59 Å². The lowest BCUT2D eigenvalue weighted by molar-refractivity contribution is 0.0526. The summed E-state index contributed by atoms with van der Waals surface area (Å²) in [6.45, 7) is 2.11. The molecule has 29 heavy (non-hydrogen) atoms. The van der Waals surface area contributed by atoms with Crippen molar-refractivity contribution in [2.45, 2.75) is 45.4 Å². The number of benzene rings is 1. The number of nitrogens with one attached hydrogen (secondary N) is 2. The van der Waals surface area contributed by atoms with E-state index < -0.39 is 5.97 Å². The van der Waals surface area contributed by atoms with Gasteiger partial charge in [0.05, 0.1) is 17.7 Å². The van der Waals surface area contributed by atoms with Gasteiger partial charge in [-0.15, -0.1) is 11.3 Å². The van der Waals surface area contributed by atoms with E-state index in [2.05, 4.69) is 10.6 Å². The fraction of sp³-hybridized carbons (Fsp3) is 0.381. The molecule has 0 radical (unpaired) electrons. The third-order valence-electron chi connectivity index (χ3n) is 4.75. The Morgan fingerprint density at radius 2 is 1.93 bits per heavy atom. The van der Waals surface area contributed by atoms with Crippen molar-refractivity contribution in [3.8, 4) is 0 Å². The number of carbonyl (C=O) groups excluding carboxylic acids is 1. The summed E-state index contributed by atoms with van der Waals surface area (Å²) < 4.78 is 5.31. The molecule has 3 rings (SSSR count). The van der Waals surface area contributed by atoms with E-state index in [1.165, 1.54) is 29.9 Å². The molecule has 8 heteroatoms. The molecule has 0 amide bonds. The minimum Gasteiger partial charge on any atom is -0.478 e. The Hall–Kier alpha value is -2.45. The molecule has 0 aliphatic heterocycles. The van der Waals surface area contributed by atoms with Crippen LogP contribution in [-0.2, 0) is 17.6 Å². The van der Waals surface area contributed by atoms with Crippen LogP contribution in [0.2, 0.25) is 0 Å². The Bertz CT molecular complexity index is 923. The van der Waals surface area contributed by atoms with Crippen LogP contribution in [0.1, 0.15) is 63.8 Å². The van der Waals surface area contributed by atoms with Crippen LogP contribution >= 0.6 is 23.6 Å². The van der Waals surface area contributed by atoms with E-state index in [4.69, 9.17) is 22.1 Å². The summed E-state index contributed by atoms with van der Waals surface area (Å²) in [5.74, 6) is -1.33. The number of rotatable bonds is 5. The SMILES string of the molecule is CCOC(=O)c1c(NC(=S)Nc2cccc(C(=O)O)c2)sc2c1CCCCCC2. The molecular formula is C21H24N2O4S2. The molecule has 1 heterocycles. The molecule has 0 bridgehead atoms. The molecule has 0 saturated carbocycles. The first-order valence-electron chi connectivity index (χ1n) is 9.72. The first-order chi connectivity index (χ1) is 14.0. The van der Waals surface area contributed by atoms with Gasteiger partial charge in [-0.05, 0) is 68.6 Å². The van der Waals surface area contributed by atoms with Crippen LogP contribution in [0.15, 0.2) is 24.3 Å². The highest BCUT2D eigenvalue weighted by atomic mass is 32.1. The van der Waals surface area contributed by atoms with Crippen molar-refractivity contribution >= 4 is 51.3 Å². The molecule has 154 valence electrons. The van der Waals surface area contributed by atoms with Crippen LogP contribution in [0, 0.1) is 0 Å². The van der Waals surface area contributed by atoms with E-state index in [1.807, 2.05) is 0 Å². The van der Waals surface area contributed by atoms with Gasteiger partial charge in [0, 0.05) is 10.6 Å². The Morgan fingerprint density at radius 3 is 2.66 bits per heavy atom. The highest BCUT2D eigenvalue weighted by Gasteiger charge is 2.25. The smallest absolute Gasteiger partial charge is 0.341 e. The van der Waals surface area contributed by atoms with Crippen molar-refractivity contribution in [2.75, 3.05) is 17.2 Å². The van der Waals surface area contributed by atoms with Crippen LogP contribution in [0.4, 0.5) is 10.7 Å². The first kappa shape index (κ1) is 21.3. The van der Waals surface area contributed by atoms with Crippen LogP contribution < -0.4 is 10.6 Å². The van der Waals surface area contributed by atoms with Crippen molar-refractivity contribution in [3.05, 3.63) is 45.8 Å².